The van der Waals surface area contributed by atoms with Gasteiger partial charge in [-0.05, 0) is 24.1 Å². The molecule has 2 aromatic rings. The highest BCUT2D eigenvalue weighted by Crippen LogP contribution is 2.53. The molecule has 0 aliphatic carbocycles. The second-order valence-electron chi connectivity index (χ2n) is 8.35. The van der Waals surface area contributed by atoms with Crippen molar-refractivity contribution in [3.8, 4) is 0 Å². The summed E-state index contributed by atoms with van der Waals surface area (Å²) in [5.41, 5.74) is 0.370. The molecule has 3 aliphatic heterocycles. The molecule has 32 heavy (non-hydrogen) atoms. The van der Waals surface area contributed by atoms with Crippen molar-refractivity contribution < 1.29 is 24.3 Å². The lowest BCUT2D eigenvalue weighted by Gasteiger charge is -2.29. The van der Waals surface area contributed by atoms with E-state index in [1.807, 2.05) is 0 Å². The van der Waals surface area contributed by atoms with E-state index in [1.165, 1.54) is 0 Å². The molecule has 9 heteroatoms. The molecule has 2 aromatic carbocycles. The Labute approximate surface area is 188 Å². The van der Waals surface area contributed by atoms with E-state index in [2.05, 4.69) is 10.6 Å². The van der Waals surface area contributed by atoms with Crippen molar-refractivity contribution in [2.24, 2.45) is 11.8 Å². The van der Waals surface area contributed by atoms with Gasteiger partial charge in [-0.25, -0.2) is 0 Å². The smallest absolute Gasteiger partial charge is 0.303 e. The van der Waals surface area contributed by atoms with Crippen LogP contribution in [0.2, 0.25) is 5.02 Å². The number of nitrogens with zero attached hydrogens (tertiary/aromatic N) is 1. The third-order valence-electron chi connectivity index (χ3n) is 6.67. The molecule has 1 spiro atoms. The van der Waals surface area contributed by atoms with E-state index >= 15 is 0 Å². The Morgan fingerprint density at radius 3 is 2.53 bits per heavy atom. The molecule has 0 saturated carbocycles. The molecule has 164 valence electrons. The van der Waals surface area contributed by atoms with E-state index in [1.54, 1.807) is 48.5 Å². The maximum absolute atomic E-state index is 13.6. The quantitative estimate of drug-likeness (QED) is 0.597. The van der Waals surface area contributed by atoms with E-state index in [4.69, 9.17) is 11.6 Å². The van der Waals surface area contributed by atoms with Gasteiger partial charge in [0, 0.05) is 28.7 Å². The van der Waals surface area contributed by atoms with E-state index in [9.17, 15) is 24.3 Å². The fourth-order valence-electron chi connectivity index (χ4n) is 5.30. The number of aliphatic carboxylic acids is 1. The molecule has 2 saturated heterocycles. The van der Waals surface area contributed by atoms with Crippen LogP contribution in [-0.4, -0.2) is 39.7 Å². The van der Waals surface area contributed by atoms with Crippen LogP contribution in [0.25, 0.3) is 0 Å². The monoisotopic (exact) mass is 453 g/mol. The summed E-state index contributed by atoms with van der Waals surface area (Å²) in [4.78, 5) is 52.8. The summed E-state index contributed by atoms with van der Waals surface area (Å²) in [6, 6.07) is 13.4. The molecule has 0 radical (unpaired) electrons. The molecule has 3 amide bonds. The summed E-state index contributed by atoms with van der Waals surface area (Å²) in [6.07, 6.45) is -0.0706. The van der Waals surface area contributed by atoms with E-state index < -0.39 is 47.1 Å². The number of hydrogen-bond donors (Lipinski definition) is 3. The summed E-state index contributed by atoms with van der Waals surface area (Å²) in [6.45, 7) is -0.00463. The van der Waals surface area contributed by atoms with Gasteiger partial charge in [-0.3, -0.25) is 29.4 Å². The minimum atomic E-state index is -1.42. The van der Waals surface area contributed by atoms with Gasteiger partial charge in [0.1, 0.15) is 5.54 Å². The molecule has 0 aromatic heterocycles. The third-order valence-corrected chi connectivity index (χ3v) is 7.04. The molecule has 2 fully saturated rings. The van der Waals surface area contributed by atoms with Crippen LogP contribution in [-0.2, 0) is 31.3 Å². The van der Waals surface area contributed by atoms with Crippen molar-refractivity contribution in [3.05, 3.63) is 64.7 Å². The van der Waals surface area contributed by atoms with Crippen LogP contribution < -0.4 is 10.6 Å². The second-order valence-corrected chi connectivity index (χ2v) is 8.76. The predicted molar refractivity (Wildman–Crippen MR) is 115 cm³/mol. The van der Waals surface area contributed by atoms with Crippen LogP contribution in [0.1, 0.15) is 24.0 Å². The first-order valence-electron chi connectivity index (χ1n) is 10.3. The average molecular weight is 454 g/mol. The summed E-state index contributed by atoms with van der Waals surface area (Å²) in [5.74, 6) is -4.12. The number of para-hydroxylation sites is 1. The number of carboxylic acid groups (broad SMARTS) is 1. The van der Waals surface area contributed by atoms with Crippen molar-refractivity contribution in [2.45, 2.75) is 31.0 Å². The zero-order chi connectivity index (χ0) is 22.6. The molecule has 8 nitrogen and oxygen atoms in total. The number of anilines is 1. The van der Waals surface area contributed by atoms with Gasteiger partial charge in [0.05, 0.1) is 18.4 Å². The van der Waals surface area contributed by atoms with E-state index in [-0.39, 0.29) is 19.4 Å². The Morgan fingerprint density at radius 1 is 1.06 bits per heavy atom. The molecule has 5 rings (SSSR count). The van der Waals surface area contributed by atoms with Crippen LogP contribution in [0.3, 0.4) is 0 Å². The van der Waals surface area contributed by atoms with Crippen LogP contribution in [0, 0.1) is 11.8 Å². The van der Waals surface area contributed by atoms with Crippen molar-refractivity contribution in [3.63, 3.8) is 0 Å². The number of imide groups is 1. The Hall–Kier alpha value is -3.23. The summed E-state index contributed by atoms with van der Waals surface area (Å²) in [5, 5.41) is 15.7. The van der Waals surface area contributed by atoms with Gasteiger partial charge in [0.2, 0.25) is 17.7 Å². The van der Waals surface area contributed by atoms with Crippen molar-refractivity contribution in [2.75, 3.05) is 5.32 Å². The van der Waals surface area contributed by atoms with E-state index in [0.29, 0.717) is 21.8 Å². The lowest BCUT2D eigenvalue weighted by atomic mass is 9.76. The first kappa shape index (κ1) is 20.7. The second kappa shape index (κ2) is 7.43. The number of carbonyl (C=O) groups excluding carboxylic acids is 3. The van der Waals surface area contributed by atoms with Crippen molar-refractivity contribution >= 4 is 41.0 Å². The SMILES string of the molecule is O=C(O)CC[C@H]1N[C@@]2(C(=O)Nc3ccccc32)[C@@H]2C(=O)N(Cc3ccccc3Cl)C(=O)[C@H]21. The van der Waals surface area contributed by atoms with E-state index in [0.717, 1.165) is 4.90 Å². The van der Waals surface area contributed by atoms with Crippen molar-refractivity contribution in [1.29, 1.82) is 0 Å². The molecule has 3 heterocycles. The zero-order valence-corrected chi connectivity index (χ0v) is 17.6. The van der Waals surface area contributed by atoms with Crippen LogP contribution in [0.4, 0.5) is 5.69 Å². The molecule has 4 atom stereocenters. The highest BCUT2D eigenvalue weighted by atomic mass is 35.5. The van der Waals surface area contributed by atoms with Gasteiger partial charge in [-0.2, -0.15) is 0 Å². The minimum Gasteiger partial charge on any atom is -0.481 e. The number of carbonyl (C=O) groups is 4. The fourth-order valence-corrected chi connectivity index (χ4v) is 5.49. The van der Waals surface area contributed by atoms with Crippen LogP contribution in [0.15, 0.2) is 48.5 Å². The highest BCUT2D eigenvalue weighted by molar-refractivity contribution is 6.31. The summed E-state index contributed by atoms with van der Waals surface area (Å²) >= 11 is 6.25. The average Bonchev–Trinajstić information content (AvgIpc) is 3.34. The molecule has 0 unspecified atom stereocenters. The zero-order valence-electron chi connectivity index (χ0n) is 16.9. The standard InChI is InChI=1S/C23H20ClN3O5/c24-14-7-3-1-5-12(14)11-27-20(30)18-16(9-10-17(28)29)26-23(19(18)21(27)31)13-6-2-4-8-15(13)25-22(23)32/h1-8,16,18-19,26H,9-11H2,(H,25,32)(H,28,29)/t16-,18+,19+,23-/m1/s1. The normalized spacial score (nSPS) is 28.2. The summed E-state index contributed by atoms with van der Waals surface area (Å²) in [7, 11) is 0. The fraction of sp³-hybridized carbons (Fsp3) is 0.304. The topological polar surface area (TPSA) is 116 Å². The maximum atomic E-state index is 13.6. The number of fused-ring (bicyclic) bond motifs is 4. The lowest BCUT2D eigenvalue weighted by molar-refractivity contribution is -0.144. The third kappa shape index (κ3) is 2.87. The van der Waals surface area contributed by atoms with Gasteiger partial charge in [-0.15, -0.1) is 0 Å². The first-order valence-corrected chi connectivity index (χ1v) is 10.7. The van der Waals surface area contributed by atoms with Crippen molar-refractivity contribution in [1.82, 2.24) is 10.2 Å². The Bertz CT molecular complexity index is 1170. The summed E-state index contributed by atoms with van der Waals surface area (Å²) < 4.78 is 0. The Balaban J connectivity index is 1.58. The number of carboxylic acids is 1. The number of nitrogens with one attached hydrogen (secondary N) is 2. The lowest BCUT2D eigenvalue weighted by Crippen LogP contribution is -2.53. The first-order chi connectivity index (χ1) is 15.3. The Morgan fingerprint density at radius 2 is 1.78 bits per heavy atom. The van der Waals surface area contributed by atoms with Gasteiger partial charge in [-0.1, -0.05) is 48.0 Å². The highest BCUT2D eigenvalue weighted by Gasteiger charge is 2.70. The molecule has 3 aliphatic rings. The molecular weight excluding hydrogens is 434 g/mol. The van der Waals surface area contributed by atoms with Gasteiger partial charge < -0.3 is 10.4 Å². The molecular formula is C23H20ClN3O5. The van der Waals surface area contributed by atoms with Gasteiger partial charge in [0.15, 0.2) is 0 Å². The maximum Gasteiger partial charge on any atom is 0.303 e. The molecule has 0 bridgehead atoms. The van der Waals surface area contributed by atoms with Gasteiger partial charge >= 0.3 is 5.97 Å². The largest absolute Gasteiger partial charge is 0.481 e. The number of likely N-dealkylation sites (tertiary alicyclic amines) is 1. The number of rotatable bonds is 5. The van der Waals surface area contributed by atoms with Crippen LogP contribution in [0.5, 0.6) is 0 Å². The number of halogens is 1. The number of benzene rings is 2. The van der Waals surface area contributed by atoms with Crippen LogP contribution >= 0.6 is 11.6 Å². The molecule has 3 N–H and O–H groups in total. The van der Waals surface area contributed by atoms with Gasteiger partial charge in [0.25, 0.3) is 0 Å². The number of hydrogen-bond acceptors (Lipinski definition) is 5. The predicted octanol–water partition coefficient (Wildman–Crippen LogP) is 2.13. The minimum absolute atomic E-state index is 0.00463. The number of amides is 3. The Kier molecular flexibility index (Phi) is 4.79.